The molecule has 0 atom stereocenters. The fourth-order valence-electron chi connectivity index (χ4n) is 2.12. The summed E-state index contributed by atoms with van der Waals surface area (Å²) in [7, 11) is 0. The van der Waals surface area contributed by atoms with Gasteiger partial charge in [-0.1, -0.05) is 25.2 Å². The van der Waals surface area contributed by atoms with Crippen LogP contribution in [0.25, 0.3) is 0 Å². The van der Waals surface area contributed by atoms with Crippen molar-refractivity contribution in [2.24, 2.45) is 5.41 Å². The number of carbonyl (C=O) groups excluding carboxylic acids is 1. The predicted molar refractivity (Wildman–Crippen MR) is 67.5 cm³/mol. The second kappa shape index (κ2) is 3.84. The Kier molecular flexibility index (Phi) is 2.78. The number of thiazole rings is 1. The number of ketones is 1. The van der Waals surface area contributed by atoms with Gasteiger partial charge in [0.25, 0.3) is 0 Å². The molecular weight excluding hydrogens is 220 g/mol. The molecule has 1 aliphatic heterocycles. The maximum Gasteiger partial charge on any atom is 0.186 e. The SMILES string of the molecule is CC(=O)c1sc(N2CCC(C)(C)C2)nc1C. The van der Waals surface area contributed by atoms with Crippen LogP contribution >= 0.6 is 11.3 Å². The second-order valence-electron chi connectivity index (χ2n) is 5.30. The highest BCUT2D eigenvalue weighted by molar-refractivity contribution is 7.17. The van der Waals surface area contributed by atoms with Gasteiger partial charge in [-0.15, -0.1) is 0 Å². The van der Waals surface area contributed by atoms with Gasteiger partial charge in [0.05, 0.1) is 10.6 Å². The Morgan fingerprint density at radius 1 is 1.50 bits per heavy atom. The highest BCUT2D eigenvalue weighted by atomic mass is 32.1. The van der Waals surface area contributed by atoms with Crippen molar-refractivity contribution in [2.75, 3.05) is 18.0 Å². The number of hydrogen-bond donors (Lipinski definition) is 0. The van der Waals surface area contributed by atoms with Crippen LogP contribution in [0.3, 0.4) is 0 Å². The fourth-order valence-corrected chi connectivity index (χ4v) is 3.11. The van der Waals surface area contributed by atoms with Crippen molar-refractivity contribution in [1.29, 1.82) is 0 Å². The van der Waals surface area contributed by atoms with Gasteiger partial charge in [-0.25, -0.2) is 4.98 Å². The van der Waals surface area contributed by atoms with Gasteiger partial charge in [-0.3, -0.25) is 4.79 Å². The molecule has 1 fully saturated rings. The maximum absolute atomic E-state index is 11.4. The van der Waals surface area contributed by atoms with Crippen LogP contribution in [0.1, 0.15) is 42.6 Å². The molecule has 2 rings (SSSR count). The highest BCUT2D eigenvalue weighted by Gasteiger charge is 2.31. The molecule has 0 spiro atoms. The maximum atomic E-state index is 11.4. The summed E-state index contributed by atoms with van der Waals surface area (Å²) in [6.45, 7) is 10.2. The summed E-state index contributed by atoms with van der Waals surface area (Å²) in [6, 6.07) is 0. The molecule has 3 nitrogen and oxygen atoms in total. The average Bonchev–Trinajstić information content (AvgIpc) is 2.69. The predicted octanol–water partition coefficient (Wildman–Crippen LogP) is 2.89. The molecule has 0 radical (unpaired) electrons. The lowest BCUT2D eigenvalue weighted by atomic mass is 9.93. The summed E-state index contributed by atoms with van der Waals surface area (Å²) in [5.41, 5.74) is 1.24. The van der Waals surface area contributed by atoms with Crippen LogP contribution in [0.5, 0.6) is 0 Å². The van der Waals surface area contributed by atoms with E-state index in [1.165, 1.54) is 17.8 Å². The summed E-state index contributed by atoms with van der Waals surface area (Å²) in [5, 5.41) is 1.01. The Morgan fingerprint density at radius 3 is 2.62 bits per heavy atom. The lowest BCUT2D eigenvalue weighted by Gasteiger charge is -2.18. The Balaban J connectivity index is 2.23. The van der Waals surface area contributed by atoms with Crippen LogP contribution in [-0.2, 0) is 0 Å². The minimum absolute atomic E-state index is 0.125. The van der Waals surface area contributed by atoms with Crippen molar-refractivity contribution in [3.05, 3.63) is 10.6 Å². The van der Waals surface area contributed by atoms with E-state index in [1.807, 2.05) is 6.92 Å². The van der Waals surface area contributed by atoms with Crippen LogP contribution in [0.4, 0.5) is 5.13 Å². The van der Waals surface area contributed by atoms with E-state index in [4.69, 9.17) is 0 Å². The normalized spacial score (nSPS) is 19.1. The molecule has 4 heteroatoms. The molecule has 2 heterocycles. The van der Waals surface area contributed by atoms with Gasteiger partial charge >= 0.3 is 0 Å². The third kappa shape index (κ3) is 2.12. The molecule has 1 saturated heterocycles. The van der Waals surface area contributed by atoms with E-state index in [0.717, 1.165) is 28.8 Å². The molecule has 0 aromatic carbocycles. The molecule has 88 valence electrons. The van der Waals surface area contributed by atoms with Crippen molar-refractivity contribution >= 4 is 22.3 Å². The summed E-state index contributed by atoms with van der Waals surface area (Å²) in [5.74, 6) is 0.125. The van der Waals surface area contributed by atoms with Crippen LogP contribution in [0, 0.1) is 12.3 Å². The molecule has 1 aromatic heterocycles. The first kappa shape index (κ1) is 11.6. The van der Waals surface area contributed by atoms with Gasteiger partial charge in [-0.2, -0.15) is 0 Å². The van der Waals surface area contributed by atoms with E-state index in [1.54, 1.807) is 6.92 Å². The first-order valence-electron chi connectivity index (χ1n) is 5.62. The molecule has 0 aliphatic carbocycles. The van der Waals surface area contributed by atoms with E-state index in [2.05, 4.69) is 23.7 Å². The second-order valence-corrected chi connectivity index (χ2v) is 6.28. The van der Waals surface area contributed by atoms with E-state index in [-0.39, 0.29) is 5.78 Å². The smallest absolute Gasteiger partial charge is 0.186 e. The number of aromatic nitrogens is 1. The molecule has 0 amide bonds. The largest absolute Gasteiger partial charge is 0.348 e. The van der Waals surface area contributed by atoms with Gasteiger partial charge < -0.3 is 4.90 Å². The molecule has 0 saturated carbocycles. The molecule has 0 unspecified atom stereocenters. The number of carbonyl (C=O) groups is 1. The number of rotatable bonds is 2. The van der Waals surface area contributed by atoms with Gasteiger partial charge in [0.1, 0.15) is 0 Å². The fraction of sp³-hybridized carbons (Fsp3) is 0.667. The van der Waals surface area contributed by atoms with Gasteiger partial charge in [0, 0.05) is 20.0 Å². The molecular formula is C12H18N2OS. The van der Waals surface area contributed by atoms with Gasteiger partial charge in [-0.05, 0) is 18.8 Å². The Hall–Kier alpha value is -0.900. The van der Waals surface area contributed by atoms with Crippen LogP contribution < -0.4 is 4.90 Å². The lowest BCUT2D eigenvalue weighted by Crippen LogP contribution is -2.22. The minimum atomic E-state index is 0.125. The van der Waals surface area contributed by atoms with Crippen molar-refractivity contribution in [3.8, 4) is 0 Å². The first-order chi connectivity index (χ1) is 7.39. The van der Waals surface area contributed by atoms with Crippen LogP contribution in [-0.4, -0.2) is 23.9 Å². The summed E-state index contributed by atoms with van der Waals surface area (Å²) in [6.07, 6.45) is 1.20. The van der Waals surface area contributed by atoms with Crippen molar-refractivity contribution < 1.29 is 4.79 Å². The number of aryl methyl sites for hydroxylation is 1. The molecule has 1 aromatic rings. The summed E-state index contributed by atoms with van der Waals surface area (Å²) >= 11 is 1.53. The zero-order valence-corrected chi connectivity index (χ0v) is 11.1. The Labute approximate surface area is 100 Å². The third-order valence-electron chi connectivity index (χ3n) is 3.05. The van der Waals surface area contributed by atoms with Crippen molar-refractivity contribution in [3.63, 3.8) is 0 Å². The molecule has 0 bridgehead atoms. The third-order valence-corrected chi connectivity index (χ3v) is 4.37. The number of nitrogens with zero attached hydrogens (tertiary/aromatic N) is 2. The lowest BCUT2D eigenvalue weighted by molar-refractivity contribution is 0.102. The van der Waals surface area contributed by atoms with E-state index >= 15 is 0 Å². The zero-order valence-electron chi connectivity index (χ0n) is 10.3. The van der Waals surface area contributed by atoms with E-state index in [9.17, 15) is 4.79 Å². The quantitative estimate of drug-likeness (QED) is 0.743. The van der Waals surface area contributed by atoms with Crippen LogP contribution in [0.15, 0.2) is 0 Å². The Morgan fingerprint density at radius 2 is 2.19 bits per heavy atom. The number of Topliss-reactive ketones (excluding diaryl/α,β-unsaturated/α-hetero) is 1. The number of anilines is 1. The molecule has 16 heavy (non-hydrogen) atoms. The monoisotopic (exact) mass is 238 g/mol. The zero-order chi connectivity index (χ0) is 11.9. The van der Waals surface area contributed by atoms with E-state index in [0.29, 0.717) is 5.41 Å². The number of hydrogen-bond acceptors (Lipinski definition) is 4. The summed E-state index contributed by atoms with van der Waals surface area (Å²) < 4.78 is 0. The van der Waals surface area contributed by atoms with Crippen molar-refractivity contribution in [1.82, 2.24) is 4.98 Å². The first-order valence-corrected chi connectivity index (χ1v) is 6.44. The summed E-state index contributed by atoms with van der Waals surface area (Å²) in [4.78, 5) is 19.0. The van der Waals surface area contributed by atoms with E-state index < -0.39 is 0 Å². The van der Waals surface area contributed by atoms with Crippen LogP contribution in [0.2, 0.25) is 0 Å². The standard InChI is InChI=1S/C12H18N2OS/c1-8-10(9(2)15)16-11(13-8)14-6-5-12(3,4)7-14/h5-7H2,1-4H3. The molecule has 0 N–H and O–H groups in total. The Bertz CT molecular complexity index is 423. The average molecular weight is 238 g/mol. The van der Waals surface area contributed by atoms with Gasteiger partial charge in [0.15, 0.2) is 10.9 Å². The van der Waals surface area contributed by atoms with Crippen molar-refractivity contribution in [2.45, 2.75) is 34.1 Å². The highest BCUT2D eigenvalue weighted by Crippen LogP contribution is 2.35. The van der Waals surface area contributed by atoms with Gasteiger partial charge in [0.2, 0.25) is 0 Å². The minimum Gasteiger partial charge on any atom is -0.348 e. The molecule has 1 aliphatic rings. The topological polar surface area (TPSA) is 33.2 Å².